The molecule has 3 atom stereocenters. The van der Waals surface area contributed by atoms with Gasteiger partial charge in [-0.15, -0.1) is 11.8 Å². The number of carbonyl (C=O) groups excluding carboxylic acids is 1. The van der Waals surface area contributed by atoms with Crippen LogP contribution in [0.25, 0.3) is 0 Å². The molecule has 1 aliphatic heterocycles. The van der Waals surface area contributed by atoms with Crippen LogP contribution in [0.4, 0.5) is 5.69 Å². The lowest BCUT2D eigenvalue weighted by Crippen LogP contribution is -2.34. The van der Waals surface area contributed by atoms with Gasteiger partial charge in [0, 0.05) is 24.5 Å². The van der Waals surface area contributed by atoms with Gasteiger partial charge in [0.15, 0.2) is 0 Å². The molecule has 0 unspecified atom stereocenters. The second kappa shape index (κ2) is 10.0. The molecule has 28 heavy (non-hydrogen) atoms. The zero-order valence-corrected chi connectivity index (χ0v) is 18.0. The first kappa shape index (κ1) is 20.8. The van der Waals surface area contributed by atoms with E-state index in [4.69, 9.17) is 0 Å². The van der Waals surface area contributed by atoms with E-state index in [1.807, 2.05) is 25.1 Å². The molecule has 2 aromatic carbocycles. The summed E-state index contributed by atoms with van der Waals surface area (Å²) in [5.74, 6) is 1.72. The molecule has 1 saturated heterocycles. The van der Waals surface area contributed by atoms with Crippen molar-refractivity contribution in [1.82, 2.24) is 5.32 Å². The number of thioether (sulfide) groups is 1. The van der Waals surface area contributed by atoms with Crippen molar-refractivity contribution in [3.05, 3.63) is 65.7 Å². The lowest BCUT2D eigenvalue weighted by molar-refractivity contribution is -0.120. The van der Waals surface area contributed by atoms with Crippen molar-refractivity contribution in [2.45, 2.75) is 50.7 Å². The van der Waals surface area contributed by atoms with Crippen molar-refractivity contribution in [3.63, 3.8) is 0 Å². The molecule has 0 saturated carbocycles. The number of piperidine rings is 1. The van der Waals surface area contributed by atoms with Gasteiger partial charge in [0.25, 0.3) is 0 Å². The van der Waals surface area contributed by atoms with Crippen LogP contribution in [-0.4, -0.2) is 24.2 Å². The minimum atomic E-state index is -0.0724. The van der Waals surface area contributed by atoms with Crippen LogP contribution in [0, 0.1) is 5.92 Å². The minimum Gasteiger partial charge on any atom is -0.371 e. The Hall–Kier alpha value is -1.94. The summed E-state index contributed by atoms with van der Waals surface area (Å²) in [6.07, 6.45) is 2.60. The normalized spacial score (nSPS) is 19.1. The Balaban J connectivity index is 1.50. The third-order valence-corrected chi connectivity index (χ3v) is 6.70. The molecule has 2 aromatic rings. The lowest BCUT2D eigenvalue weighted by Gasteiger charge is -2.33. The first-order valence-corrected chi connectivity index (χ1v) is 11.4. The van der Waals surface area contributed by atoms with Crippen molar-refractivity contribution < 1.29 is 4.79 Å². The van der Waals surface area contributed by atoms with E-state index in [1.165, 1.54) is 24.1 Å². The summed E-state index contributed by atoms with van der Waals surface area (Å²) in [5.41, 5.74) is 3.70. The predicted octanol–water partition coefficient (Wildman–Crippen LogP) is 5.42. The van der Waals surface area contributed by atoms with Gasteiger partial charge in [-0.1, -0.05) is 49.4 Å². The monoisotopic (exact) mass is 396 g/mol. The van der Waals surface area contributed by atoms with E-state index in [0.29, 0.717) is 0 Å². The van der Waals surface area contributed by atoms with Gasteiger partial charge in [-0.25, -0.2) is 0 Å². The Labute approximate surface area is 173 Å². The molecule has 3 nitrogen and oxygen atoms in total. The molecule has 0 aliphatic carbocycles. The Morgan fingerprint density at radius 1 is 1.14 bits per heavy atom. The van der Waals surface area contributed by atoms with Crippen molar-refractivity contribution >= 4 is 23.4 Å². The van der Waals surface area contributed by atoms with Crippen LogP contribution in [0.3, 0.4) is 0 Å². The van der Waals surface area contributed by atoms with E-state index >= 15 is 0 Å². The largest absolute Gasteiger partial charge is 0.371 e. The number of nitrogens with zero attached hydrogens (tertiary/aromatic N) is 1. The van der Waals surface area contributed by atoms with Gasteiger partial charge in [-0.05, 0) is 55.9 Å². The molecule has 0 aromatic heterocycles. The summed E-state index contributed by atoms with van der Waals surface area (Å²) >= 11 is 1.68. The van der Waals surface area contributed by atoms with E-state index < -0.39 is 0 Å². The third-order valence-electron chi connectivity index (χ3n) is 5.49. The number of hydrogen-bond donors (Lipinski definition) is 1. The second-order valence-corrected chi connectivity index (χ2v) is 9.28. The quantitative estimate of drug-likeness (QED) is 0.678. The van der Waals surface area contributed by atoms with Gasteiger partial charge >= 0.3 is 0 Å². The Morgan fingerprint density at radius 3 is 2.54 bits per heavy atom. The molecule has 150 valence electrons. The van der Waals surface area contributed by atoms with E-state index in [-0.39, 0.29) is 17.2 Å². The summed E-state index contributed by atoms with van der Waals surface area (Å²) in [5, 5.41) is 3.09. The molecule has 0 bridgehead atoms. The van der Waals surface area contributed by atoms with Gasteiger partial charge in [0.2, 0.25) is 5.91 Å². The summed E-state index contributed by atoms with van der Waals surface area (Å²) in [4.78, 5) is 15.0. The third kappa shape index (κ3) is 5.78. The maximum Gasteiger partial charge on any atom is 0.233 e. The molecular weight excluding hydrogens is 364 g/mol. The van der Waals surface area contributed by atoms with Gasteiger partial charge in [-0.3, -0.25) is 4.79 Å². The zero-order chi connectivity index (χ0) is 19.9. The molecule has 0 spiro atoms. The van der Waals surface area contributed by atoms with Crippen LogP contribution in [0.5, 0.6) is 0 Å². The van der Waals surface area contributed by atoms with Crippen molar-refractivity contribution in [3.8, 4) is 0 Å². The molecule has 1 N–H and O–H groups in total. The fourth-order valence-corrected chi connectivity index (χ4v) is 4.54. The highest BCUT2D eigenvalue weighted by Gasteiger charge is 2.19. The first-order valence-electron chi connectivity index (χ1n) is 10.3. The Morgan fingerprint density at radius 2 is 1.86 bits per heavy atom. The molecule has 4 heteroatoms. The molecule has 1 amide bonds. The minimum absolute atomic E-state index is 0.0154. The molecule has 1 aliphatic rings. The summed E-state index contributed by atoms with van der Waals surface area (Å²) in [6, 6.07) is 19.0. The summed E-state index contributed by atoms with van der Waals surface area (Å²) in [7, 11) is 0. The highest BCUT2D eigenvalue weighted by Crippen LogP contribution is 2.25. The standard InChI is InChI=1S/C24H32N2OS/c1-18-8-7-15-26(16-18)23-13-11-22(12-14-23)19(2)25-24(27)20(3)28-17-21-9-5-4-6-10-21/h4-6,9-14,18-20H,7-8,15-17H2,1-3H3,(H,25,27)/t18-,19-,20-/m1/s1. The number of carbonyl (C=O) groups is 1. The van der Waals surface area contributed by atoms with Crippen LogP contribution in [-0.2, 0) is 10.5 Å². The topological polar surface area (TPSA) is 32.3 Å². The first-order chi connectivity index (χ1) is 13.5. The number of nitrogens with one attached hydrogen (secondary N) is 1. The van der Waals surface area contributed by atoms with Crippen LogP contribution in [0.15, 0.2) is 54.6 Å². The maximum atomic E-state index is 12.6. The van der Waals surface area contributed by atoms with Crippen LogP contribution in [0.2, 0.25) is 0 Å². The van der Waals surface area contributed by atoms with Gasteiger partial charge in [0.05, 0.1) is 11.3 Å². The number of benzene rings is 2. The van der Waals surface area contributed by atoms with Gasteiger partial charge in [-0.2, -0.15) is 0 Å². The Kier molecular flexibility index (Phi) is 7.43. The fourth-order valence-electron chi connectivity index (χ4n) is 3.68. The summed E-state index contributed by atoms with van der Waals surface area (Å²) < 4.78 is 0. The van der Waals surface area contributed by atoms with Crippen molar-refractivity contribution in [2.75, 3.05) is 18.0 Å². The van der Waals surface area contributed by atoms with Crippen molar-refractivity contribution in [1.29, 1.82) is 0 Å². The van der Waals surface area contributed by atoms with Gasteiger partial charge in [0.1, 0.15) is 0 Å². The van der Waals surface area contributed by atoms with E-state index in [2.05, 4.69) is 60.5 Å². The van der Waals surface area contributed by atoms with E-state index in [0.717, 1.165) is 30.3 Å². The molecule has 1 fully saturated rings. The van der Waals surface area contributed by atoms with Crippen LogP contribution < -0.4 is 10.2 Å². The highest BCUT2D eigenvalue weighted by atomic mass is 32.2. The molecule has 0 radical (unpaired) electrons. The van der Waals surface area contributed by atoms with Crippen LogP contribution >= 0.6 is 11.8 Å². The molecular formula is C24H32N2OS. The fraction of sp³-hybridized carbons (Fsp3) is 0.458. The molecule has 3 rings (SSSR count). The van der Waals surface area contributed by atoms with E-state index in [9.17, 15) is 4.79 Å². The number of amides is 1. The van der Waals surface area contributed by atoms with E-state index in [1.54, 1.807) is 11.8 Å². The highest BCUT2D eigenvalue weighted by molar-refractivity contribution is 7.99. The zero-order valence-electron chi connectivity index (χ0n) is 17.2. The predicted molar refractivity (Wildman–Crippen MR) is 121 cm³/mol. The SMILES string of the molecule is C[C@@H]1CCCN(c2ccc([C@@H](C)NC(=O)[C@@H](C)SCc3ccccc3)cc2)C1. The van der Waals surface area contributed by atoms with Crippen molar-refractivity contribution in [2.24, 2.45) is 5.92 Å². The number of anilines is 1. The smallest absolute Gasteiger partial charge is 0.233 e. The number of hydrogen-bond acceptors (Lipinski definition) is 3. The van der Waals surface area contributed by atoms with Crippen LogP contribution in [0.1, 0.15) is 50.8 Å². The summed E-state index contributed by atoms with van der Waals surface area (Å²) in [6.45, 7) is 8.66. The average molecular weight is 397 g/mol. The molecule has 1 heterocycles. The maximum absolute atomic E-state index is 12.6. The lowest BCUT2D eigenvalue weighted by atomic mass is 9.99. The van der Waals surface area contributed by atoms with Gasteiger partial charge < -0.3 is 10.2 Å². The Bertz CT molecular complexity index is 747. The second-order valence-electron chi connectivity index (χ2n) is 7.95. The number of rotatable bonds is 7. The average Bonchev–Trinajstić information content (AvgIpc) is 2.72.